The number of aromatic nitrogens is 3. The Morgan fingerprint density at radius 2 is 2.00 bits per heavy atom. The van der Waals surface area contributed by atoms with E-state index in [2.05, 4.69) is 26.1 Å². The predicted molar refractivity (Wildman–Crippen MR) is 85.8 cm³/mol. The van der Waals surface area contributed by atoms with Crippen molar-refractivity contribution >= 4 is 35.7 Å². The lowest BCUT2D eigenvalue weighted by molar-refractivity contribution is 0.488. The van der Waals surface area contributed by atoms with E-state index in [4.69, 9.17) is 10.7 Å². The van der Waals surface area contributed by atoms with Gasteiger partial charge in [0.05, 0.1) is 0 Å². The maximum atomic E-state index is 11.7. The highest BCUT2D eigenvalue weighted by molar-refractivity contribution is 9.10. The van der Waals surface area contributed by atoms with Crippen LogP contribution < -0.4 is 0 Å². The molecule has 0 fully saturated rings. The molecular formula is C13H15BrClN3O2S. The Balaban J connectivity index is 2.70. The first-order valence-electron chi connectivity index (χ1n) is 6.35. The Bertz CT molecular complexity index is 772. The molecule has 0 spiro atoms. The van der Waals surface area contributed by atoms with E-state index in [9.17, 15) is 8.42 Å². The lowest BCUT2D eigenvalue weighted by Crippen LogP contribution is -2.12. The Hall–Kier alpha value is -0.920. The fourth-order valence-electron chi connectivity index (χ4n) is 2.05. The van der Waals surface area contributed by atoms with Gasteiger partial charge in [0.1, 0.15) is 0 Å². The van der Waals surface area contributed by atoms with E-state index in [0.717, 1.165) is 15.6 Å². The average molecular weight is 393 g/mol. The standard InChI is InChI=1S/C13H15BrClN3O2S/c1-8(2)7-18-12(16-17-13(18)21(15,19)20)10-5-4-6-11(14)9(10)3/h4-6,8H,7H2,1-3H3. The molecule has 5 nitrogen and oxygen atoms in total. The molecule has 1 aromatic carbocycles. The van der Waals surface area contributed by atoms with Crippen molar-refractivity contribution in [2.75, 3.05) is 0 Å². The summed E-state index contributed by atoms with van der Waals surface area (Å²) in [4.78, 5) is 0. The second-order valence-electron chi connectivity index (χ2n) is 5.16. The summed E-state index contributed by atoms with van der Waals surface area (Å²) in [6.45, 7) is 6.38. The van der Waals surface area contributed by atoms with Crippen molar-refractivity contribution in [3.8, 4) is 11.4 Å². The number of halogens is 2. The normalized spacial score (nSPS) is 12.1. The molecule has 2 rings (SSSR count). The van der Waals surface area contributed by atoms with E-state index < -0.39 is 9.05 Å². The first-order valence-corrected chi connectivity index (χ1v) is 9.45. The van der Waals surface area contributed by atoms with Crippen LogP contribution in [0.5, 0.6) is 0 Å². The highest BCUT2D eigenvalue weighted by Crippen LogP contribution is 2.29. The van der Waals surface area contributed by atoms with Crippen molar-refractivity contribution in [3.63, 3.8) is 0 Å². The minimum atomic E-state index is -3.94. The van der Waals surface area contributed by atoms with Gasteiger partial charge in [0.2, 0.25) is 0 Å². The molecule has 21 heavy (non-hydrogen) atoms. The molecule has 1 aromatic heterocycles. The van der Waals surface area contributed by atoms with Crippen molar-refractivity contribution in [2.45, 2.75) is 32.5 Å². The van der Waals surface area contributed by atoms with Gasteiger partial charge < -0.3 is 0 Å². The lowest BCUT2D eigenvalue weighted by Gasteiger charge is -2.13. The third-order valence-electron chi connectivity index (χ3n) is 2.99. The fourth-order valence-corrected chi connectivity index (χ4v) is 3.32. The molecule has 8 heteroatoms. The Morgan fingerprint density at radius 3 is 2.57 bits per heavy atom. The van der Waals surface area contributed by atoms with Gasteiger partial charge in [-0.05, 0) is 24.5 Å². The van der Waals surface area contributed by atoms with E-state index in [1.54, 1.807) is 4.57 Å². The van der Waals surface area contributed by atoms with E-state index in [1.807, 2.05) is 39.0 Å². The highest BCUT2D eigenvalue weighted by atomic mass is 79.9. The Morgan fingerprint density at radius 1 is 1.33 bits per heavy atom. The molecular weight excluding hydrogens is 378 g/mol. The minimum Gasteiger partial charge on any atom is -0.297 e. The topological polar surface area (TPSA) is 64.8 Å². The van der Waals surface area contributed by atoms with Gasteiger partial charge in [-0.15, -0.1) is 10.2 Å². The molecule has 0 N–H and O–H groups in total. The van der Waals surface area contributed by atoms with Gasteiger partial charge in [-0.25, -0.2) is 8.42 Å². The zero-order chi connectivity index (χ0) is 15.8. The molecule has 0 aliphatic rings. The molecule has 0 unspecified atom stereocenters. The third-order valence-corrected chi connectivity index (χ3v) is 5.00. The van der Waals surface area contributed by atoms with Crippen LogP contribution in [-0.4, -0.2) is 23.2 Å². The monoisotopic (exact) mass is 391 g/mol. The molecule has 0 radical (unpaired) electrons. The van der Waals surface area contributed by atoms with Gasteiger partial charge in [-0.1, -0.05) is 41.9 Å². The molecule has 0 saturated carbocycles. The van der Waals surface area contributed by atoms with Crippen LogP contribution in [0.15, 0.2) is 27.8 Å². The number of rotatable bonds is 4. The molecule has 0 aliphatic carbocycles. The van der Waals surface area contributed by atoms with Crippen molar-refractivity contribution < 1.29 is 8.42 Å². The molecule has 0 amide bonds. The van der Waals surface area contributed by atoms with Crippen LogP contribution in [0, 0.1) is 12.8 Å². The van der Waals surface area contributed by atoms with Crippen LogP contribution in [0.1, 0.15) is 19.4 Å². The van der Waals surface area contributed by atoms with Crippen LogP contribution >= 0.6 is 26.6 Å². The maximum Gasteiger partial charge on any atom is 0.296 e. The predicted octanol–water partition coefficient (Wildman–Crippen LogP) is 3.60. The molecule has 2 aromatic rings. The van der Waals surface area contributed by atoms with E-state index in [-0.39, 0.29) is 11.1 Å². The second kappa shape index (κ2) is 6.06. The number of hydrogen-bond acceptors (Lipinski definition) is 4. The SMILES string of the molecule is Cc1c(Br)cccc1-c1nnc(S(=O)(=O)Cl)n1CC(C)C. The van der Waals surface area contributed by atoms with Gasteiger partial charge in [-0.3, -0.25) is 4.57 Å². The second-order valence-corrected chi connectivity index (χ2v) is 8.47. The van der Waals surface area contributed by atoms with Gasteiger partial charge >= 0.3 is 0 Å². The fraction of sp³-hybridized carbons (Fsp3) is 0.385. The molecule has 0 saturated heterocycles. The number of hydrogen-bond donors (Lipinski definition) is 0. The zero-order valence-corrected chi connectivity index (χ0v) is 15.0. The highest BCUT2D eigenvalue weighted by Gasteiger charge is 2.24. The first-order chi connectivity index (χ1) is 9.71. The van der Waals surface area contributed by atoms with Gasteiger partial charge in [0, 0.05) is 27.3 Å². The van der Waals surface area contributed by atoms with Gasteiger partial charge in [0.15, 0.2) is 5.82 Å². The van der Waals surface area contributed by atoms with E-state index in [1.165, 1.54) is 0 Å². The minimum absolute atomic E-state index is 0.216. The summed E-state index contributed by atoms with van der Waals surface area (Å²) in [5, 5.41) is 7.59. The van der Waals surface area contributed by atoms with Crippen LogP contribution in [0.3, 0.4) is 0 Å². The zero-order valence-electron chi connectivity index (χ0n) is 11.8. The molecule has 1 heterocycles. The largest absolute Gasteiger partial charge is 0.297 e. The Labute approximate surface area is 136 Å². The summed E-state index contributed by atoms with van der Waals surface area (Å²) in [7, 11) is 1.52. The van der Waals surface area contributed by atoms with Crippen molar-refractivity contribution in [3.05, 3.63) is 28.2 Å². The average Bonchev–Trinajstić information content (AvgIpc) is 2.75. The smallest absolute Gasteiger partial charge is 0.296 e. The Kier molecular flexibility index (Phi) is 4.75. The van der Waals surface area contributed by atoms with Crippen molar-refractivity contribution in [1.82, 2.24) is 14.8 Å². The maximum absolute atomic E-state index is 11.7. The van der Waals surface area contributed by atoms with Crippen molar-refractivity contribution in [1.29, 1.82) is 0 Å². The quantitative estimate of drug-likeness (QED) is 0.746. The van der Waals surface area contributed by atoms with Crippen LogP contribution in [-0.2, 0) is 15.6 Å². The summed E-state index contributed by atoms with van der Waals surface area (Å²) in [6, 6.07) is 5.67. The summed E-state index contributed by atoms with van der Waals surface area (Å²) in [5.74, 6) is 0.728. The summed E-state index contributed by atoms with van der Waals surface area (Å²) < 4.78 is 25.8. The van der Waals surface area contributed by atoms with Crippen molar-refractivity contribution in [2.24, 2.45) is 5.92 Å². The third kappa shape index (κ3) is 3.46. The first kappa shape index (κ1) is 16.5. The molecule has 0 atom stereocenters. The van der Waals surface area contributed by atoms with E-state index >= 15 is 0 Å². The van der Waals surface area contributed by atoms with E-state index in [0.29, 0.717) is 12.4 Å². The molecule has 0 bridgehead atoms. The number of benzene rings is 1. The van der Waals surface area contributed by atoms with Crippen LogP contribution in [0.25, 0.3) is 11.4 Å². The van der Waals surface area contributed by atoms with Gasteiger partial charge in [-0.2, -0.15) is 0 Å². The van der Waals surface area contributed by atoms with Crippen LogP contribution in [0.2, 0.25) is 0 Å². The lowest BCUT2D eigenvalue weighted by atomic mass is 10.1. The molecule has 0 aliphatic heterocycles. The summed E-state index contributed by atoms with van der Waals surface area (Å²) >= 11 is 3.46. The number of nitrogens with zero attached hydrogens (tertiary/aromatic N) is 3. The van der Waals surface area contributed by atoms with Crippen LogP contribution in [0.4, 0.5) is 0 Å². The van der Waals surface area contributed by atoms with Gasteiger partial charge in [0.25, 0.3) is 14.2 Å². The summed E-state index contributed by atoms with van der Waals surface area (Å²) in [6.07, 6.45) is 0. The summed E-state index contributed by atoms with van der Waals surface area (Å²) in [5.41, 5.74) is 1.79. The molecule has 114 valence electrons.